The Balaban J connectivity index is 2.28. The van der Waals surface area contributed by atoms with Crippen molar-refractivity contribution in [3.63, 3.8) is 0 Å². The fraction of sp³-hybridized carbons (Fsp3) is 0.200. The maximum atomic E-state index is 11.1. The molecule has 0 aromatic heterocycles. The van der Waals surface area contributed by atoms with E-state index in [1.54, 1.807) is 12.1 Å². The first-order valence-corrected chi connectivity index (χ1v) is 7.90. The average molecular weight is 414 g/mol. The molecule has 0 fully saturated rings. The molecule has 0 unspecified atom stereocenters. The molecule has 0 spiro atoms. The van der Waals surface area contributed by atoms with Crippen molar-refractivity contribution >= 4 is 43.2 Å². The number of halogens is 2. The highest BCUT2D eigenvalue weighted by atomic mass is 79.9. The summed E-state index contributed by atoms with van der Waals surface area (Å²) in [7, 11) is 0. The zero-order valence-corrected chi connectivity index (χ0v) is 14.8. The van der Waals surface area contributed by atoms with Gasteiger partial charge in [-0.1, -0.05) is 22.0 Å². The van der Waals surface area contributed by atoms with Gasteiger partial charge in [0.2, 0.25) is 0 Å². The molecule has 0 aliphatic heterocycles. The van der Waals surface area contributed by atoms with Crippen molar-refractivity contribution in [2.24, 2.45) is 0 Å². The van der Waals surface area contributed by atoms with Gasteiger partial charge >= 0.3 is 0 Å². The molecule has 0 aliphatic carbocycles. The van der Waals surface area contributed by atoms with E-state index in [1.807, 2.05) is 19.9 Å². The molecule has 0 radical (unpaired) electrons. The van der Waals surface area contributed by atoms with Crippen LogP contribution in [0.4, 0.5) is 11.4 Å². The Morgan fingerprint density at radius 1 is 1.19 bits per heavy atom. The number of benzene rings is 2. The van der Waals surface area contributed by atoms with Crippen molar-refractivity contribution in [1.82, 2.24) is 0 Å². The lowest BCUT2D eigenvalue weighted by molar-refractivity contribution is -0.385. The van der Waals surface area contributed by atoms with E-state index in [2.05, 4.69) is 43.2 Å². The fourth-order valence-electron chi connectivity index (χ4n) is 2.20. The largest absolute Gasteiger partial charge is 0.380 e. The van der Waals surface area contributed by atoms with E-state index in [0.29, 0.717) is 12.1 Å². The van der Waals surface area contributed by atoms with E-state index in [9.17, 15) is 10.1 Å². The first kappa shape index (κ1) is 16.0. The minimum atomic E-state index is -0.361. The Morgan fingerprint density at radius 2 is 1.90 bits per heavy atom. The van der Waals surface area contributed by atoms with Gasteiger partial charge in [0.1, 0.15) is 0 Å². The summed E-state index contributed by atoms with van der Waals surface area (Å²) in [6, 6.07) is 9.04. The molecule has 0 aliphatic rings. The van der Waals surface area contributed by atoms with E-state index in [4.69, 9.17) is 0 Å². The van der Waals surface area contributed by atoms with Crippen LogP contribution in [0.5, 0.6) is 0 Å². The lowest BCUT2D eigenvalue weighted by atomic mass is 10.1. The van der Waals surface area contributed by atoms with Crippen molar-refractivity contribution < 1.29 is 4.92 Å². The van der Waals surface area contributed by atoms with Gasteiger partial charge in [-0.3, -0.25) is 10.1 Å². The molecular weight excluding hydrogens is 400 g/mol. The summed E-state index contributed by atoms with van der Waals surface area (Å²) >= 11 is 6.88. The van der Waals surface area contributed by atoms with Crippen molar-refractivity contribution in [3.05, 3.63) is 66.1 Å². The van der Waals surface area contributed by atoms with Gasteiger partial charge in [-0.25, -0.2) is 0 Å². The minimum absolute atomic E-state index is 0.117. The van der Waals surface area contributed by atoms with Crippen LogP contribution in [0.2, 0.25) is 0 Å². The molecule has 2 rings (SSSR count). The molecule has 110 valence electrons. The standard InChI is InChI=1S/C15H14Br2N2O2/c1-9-5-10(2)15(13(17)6-9)18-8-11-7-12(16)3-4-14(11)19(20)21/h3-7,18H,8H2,1-2H3. The van der Waals surface area contributed by atoms with E-state index >= 15 is 0 Å². The van der Waals surface area contributed by atoms with Crippen molar-refractivity contribution in [2.45, 2.75) is 20.4 Å². The number of hydrogen-bond donors (Lipinski definition) is 1. The second-order valence-corrected chi connectivity index (χ2v) is 6.59. The molecule has 0 saturated carbocycles. The Hall–Kier alpha value is -1.40. The van der Waals surface area contributed by atoms with Crippen LogP contribution in [0.3, 0.4) is 0 Å². The summed E-state index contributed by atoms with van der Waals surface area (Å²) in [4.78, 5) is 10.7. The van der Waals surface area contributed by atoms with Gasteiger partial charge in [0.25, 0.3) is 5.69 Å². The average Bonchev–Trinajstić information content (AvgIpc) is 2.37. The fourth-order valence-corrected chi connectivity index (χ4v) is 3.42. The zero-order valence-electron chi connectivity index (χ0n) is 11.6. The first-order valence-electron chi connectivity index (χ1n) is 6.32. The Kier molecular flexibility index (Phi) is 5.00. The molecule has 2 aromatic carbocycles. The predicted molar refractivity (Wildman–Crippen MR) is 91.7 cm³/mol. The SMILES string of the molecule is Cc1cc(C)c(NCc2cc(Br)ccc2[N+](=O)[O-])c(Br)c1. The Morgan fingerprint density at radius 3 is 2.52 bits per heavy atom. The zero-order chi connectivity index (χ0) is 15.6. The maximum Gasteiger partial charge on any atom is 0.274 e. The van der Waals surface area contributed by atoms with Crippen LogP contribution in [0.25, 0.3) is 0 Å². The van der Waals surface area contributed by atoms with Crippen LogP contribution in [0.1, 0.15) is 16.7 Å². The number of hydrogen-bond acceptors (Lipinski definition) is 3. The van der Waals surface area contributed by atoms with E-state index in [0.717, 1.165) is 20.2 Å². The van der Waals surface area contributed by atoms with Crippen LogP contribution in [0.15, 0.2) is 39.3 Å². The van der Waals surface area contributed by atoms with Crippen LogP contribution in [-0.4, -0.2) is 4.92 Å². The van der Waals surface area contributed by atoms with Crippen molar-refractivity contribution in [2.75, 3.05) is 5.32 Å². The summed E-state index contributed by atoms with van der Waals surface area (Å²) in [5.74, 6) is 0. The maximum absolute atomic E-state index is 11.1. The van der Waals surface area contributed by atoms with Crippen molar-refractivity contribution in [3.8, 4) is 0 Å². The molecule has 0 heterocycles. The summed E-state index contributed by atoms with van der Waals surface area (Å²) < 4.78 is 1.78. The molecule has 0 saturated heterocycles. The number of anilines is 1. The molecule has 0 atom stereocenters. The van der Waals surface area contributed by atoms with Gasteiger partial charge in [0.05, 0.1) is 10.6 Å². The summed E-state index contributed by atoms with van der Waals surface area (Å²) in [6.07, 6.45) is 0. The molecule has 4 nitrogen and oxygen atoms in total. The van der Waals surface area contributed by atoms with Gasteiger partial charge in [0, 0.05) is 27.1 Å². The molecule has 1 N–H and O–H groups in total. The quantitative estimate of drug-likeness (QED) is 0.542. The van der Waals surface area contributed by atoms with Crippen molar-refractivity contribution in [1.29, 1.82) is 0 Å². The van der Waals surface area contributed by atoms with Gasteiger partial charge in [-0.15, -0.1) is 0 Å². The number of aryl methyl sites for hydroxylation is 2. The Labute approximate surface area is 140 Å². The molecule has 2 aromatic rings. The highest BCUT2D eigenvalue weighted by Crippen LogP contribution is 2.30. The van der Waals surface area contributed by atoms with E-state index in [-0.39, 0.29) is 10.6 Å². The molecule has 0 bridgehead atoms. The second-order valence-electron chi connectivity index (χ2n) is 4.82. The number of nitrogens with one attached hydrogen (secondary N) is 1. The number of nitrogens with zero attached hydrogens (tertiary/aromatic N) is 1. The normalized spacial score (nSPS) is 10.5. The van der Waals surface area contributed by atoms with Crippen LogP contribution >= 0.6 is 31.9 Å². The van der Waals surface area contributed by atoms with Crippen LogP contribution in [-0.2, 0) is 6.54 Å². The van der Waals surface area contributed by atoms with Crippen LogP contribution in [0, 0.1) is 24.0 Å². The monoisotopic (exact) mass is 412 g/mol. The summed E-state index contributed by atoms with van der Waals surface area (Å²) in [5, 5.41) is 14.4. The van der Waals surface area contributed by atoms with Gasteiger partial charge < -0.3 is 5.32 Å². The van der Waals surface area contributed by atoms with Gasteiger partial charge in [-0.2, -0.15) is 0 Å². The number of rotatable bonds is 4. The number of nitro groups is 1. The first-order chi connectivity index (χ1) is 9.88. The highest BCUT2D eigenvalue weighted by molar-refractivity contribution is 9.10. The van der Waals surface area contributed by atoms with Gasteiger partial charge in [-0.05, 0) is 59.1 Å². The lowest BCUT2D eigenvalue weighted by Crippen LogP contribution is -2.05. The highest BCUT2D eigenvalue weighted by Gasteiger charge is 2.14. The second kappa shape index (κ2) is 6.58. The molecule has 6 heteroatoms. The third-order valence-electron chi connectivity index (χ3n) is 3.13. The minimum Gasteiger partial charge on any atom is -0.380 e. The number of nitro benzene ring substituents is 1. The van der Waals surface area contributed by atoms with Gasteiger partial charge in [0.15, 0.2) is 0 Å². The third kappa shape index (κ3) is 3.83. The van der Waals surface area contributed by atoms with Crippen LogP contribution < -0.4 is 5.32 Å². The smallest absolute Gasteiger partial charge is 0.274 e. The lowest BCUT2D eigenvalue weighted by Gasteiger charge is -2.13. The third-order valence-corrected chi connectivity index (χ3v) is 4.24. The summed E-state index contributed by atoms with van der Waals surface area (Å²) in [5.41, 5.74) is 3.97. The molecule has 21 heavy (non-hydrogen) atoms. The topological polar surface area (TPSA) is 55.2 Å². The Bertz CT molecular complexity index is 679. The van der Waals surface area contributed by atoms with E-state index < -0.39 is 0 Å². The van der Waals surface area contributed by atoms with E-state index in [1.165, 1.54) is 11.6 Å². The molecular formula is C15H14Br2N2O2. The predicted octanol–water partition coefficient (Wildman–Crippen LogP) is 5.35. The molecule has 0 amide bonds. The summed E-state index contributed by atoms with van der Waals surface area (Å²) in [6.45, 7) is 4.42.